The Balaban J connectivity index is 1.81. The quantitative estimate of drug-likeness (QED) is 0.375. The summed E-state index contributed by atoms with van der Waals surface area (Å²) in [6, 6.07) is 18.4. The molecule has 6 nitrogen and oxygen atoms in total. The molecule has 172 valence electrons. The molecule has 3 rings (SSSR count). The van der Waals surface area contributed by atoms with Crippen molar-refractivity contribution in [2.75, 3.05) is 20.8 Å². The lowest BCUT2D eigenvalue weighted by molar-refractivity contribution is -0.116. The van der Waals surface area contributed by atoms with Gasteiger partial charge in [-0.1, -0.05) is 30.3 Å². The van der Waals surface area contributed by atoms with Crippen molar-refractivity contribution in [3.63, 3.8) is 0 Å². The van der Waals surface area contributed by atoms with Crippen LogP contribution in [-0.4, -0.2) is 35.1 Å². The van der Waals surface area contributed by atoms with Gasteiger partial charge in [0.2, 0.25) is 5.91 Å². The SMILES string of the molecule is COc1ccc(OC)c(/C=C/C(=O)NCC(c2ccccc2)S(=O)(=O)c2ccc(F)cc2)c1. The molecule has 0 aromatic heterocycles. The standard InChI is InChI=1S/C25H24FNO5S/c1-31-21-11-14-23(32-2)19(16-21)8-15-25(28)27-17-24(18-6-4-3-5-7-18)33(29,30)22-12-9-20(26)10-13-22/h3-16,24H,17H2,1-2H3,(H,27,28)/b15-8+. The number of methoxy groups -OCH3 is 2. The zero-order valence-electron chi connectivity index (χ0n) is 18.2. The zero-order valence-corrected chi connectivity index (χ0v) is 19.0. The highest BCUT2D eigenvalue weighted by atomic mass is 32.2. The summed E-state index contributed by atoms with van der Waals surface area (Å²) in [6.45, 7) is -0.165. The molecule has 0 heterocycles. The molecule has 0 fully saturated rings. The number of rotatable bonds is 9. The lowest BCUT2D eigenvalue weighted by Crippen LogP contribution is -2.30. The number of sulfone groups is 1. The summed E-state index contributed by atoms with van der Waals surface area (Å²) in [7, 11) is -0.842. The fourth-order valence-corrected chi connectivity index (χ4v) is 4.91. The molecule has 1 unspecified atom stereocenters. The summed E-state index contributed by atoms with van der Waals surface area (Å²) >= 11 is 0. The van der Waals surface area contributed by atoms with E-state index in [0.29, 0.717) is 22.6 Å². The largest absolute Gasteiger partial charge is 0.497 e. The summed E-state index contributed by atoms with van der Waals surface area (Å²) in [4.78, 5) is 12.5. The van der Waals surface area contributed by atoms with Gasteiger partial charge in [-0.3, -0.25) is 4.79 Å². The van der Waals surface area contributed by atoms with Crippen molar-refractivity contribution >= 4 is 21.8 Å². The van der Waals surface area contributed by atoms with E-state index in [1.54, 1.807) is 54.6 Å². The van der Waals surface area contributed by atoms with E-state index in [1.165, 1.54) is 32.4 Å². The molecule has 0 aliphatic rings. The minimum atomic E-state index is -3.90. The van der Waals surface area contributed by atoms with Crippen molar-refractivity contribution in [1.29, 1.82) is 0 Å². The molecule has 0 saturated heterocycles. The van der Waals surface area contributed by atoms with Crippen molar-refractivity contribution in [3.05, 3.63) is 95.8 Å². The van der Waals surface area contributed by atoms with Crippen molar-refractivity contribution in [2.24, 2.45) is 0 Å². The fourth-order valence-electron chi connectivity index (χ4n) is 3.25. The van der Waals surface area contributed by atoms with E-state index in [4.69, 9.17) is 9.47 Å². The maximum atomic E-state index is 13.3. The van der Waals surface area contributed by atoms with Crippen LogP contribution in [0.3, 0.4) is 0 Å². The van der Waals surface area contributed by atoms with Crippen LogP contribution in [0.15, 0.2) is 83.8 Å². The van der Waals surface area contributed by atoms with Crippen LogP contribution >= 0.6 is 0 Å². The van der Waals surface area contributed by atoms with E-state index in [2.05, 4.69) is 5.32 Å². The highest BCUT2D eigenvalue weighted by Gasteiger charge is 2.29. The molecule has 8 heteroatoms. The topological polar surface area (TPSA) is 81.7 Å². The first kappa shape index (κ1) is 24.0. The molecule has 3 aromatic carbocycles. The predicted octanol–water partition coefficient (Wildman–Crippen LogP) is 4.19. The molecule has 0 aliphatic carbocycles. The van der Waals surface area contributed by atoms with E-state index >= 15 is 0 Å². The first-order valence-electron chi connectivity index (χ1n) is 10.1. The molecule has 1 amide bonds. The number of benzene rings is 3. The van der Waals surface area contributed by atoms with Crippen LogP contribution in [-0.2, 0) is 14.6 Å². The zero-order chi connectivity index (χ0) is 23.8. The summed E-state index contributed by atoms with van der Waals surface area (Å²) in [5.41, 5.74) is 1.14. The van der Waals surface area contributed by atoms with Gasteiger partial charge >= 0.3 is 0 Å². The average Bonchev–Trinajstić information content (AvgIpc) is 2.83. The maximum absolute atomic E-state index is 13.3. The van der Waals surface area contributed by atoms with Crippen LogP contribution in [0.2, 0.25) is 0 Å². The number of halogens is 1. The van der Waals surface area contributed by atoms with Crippen molar-refractivity contribution < 1.29 is 27.1 Å². The smallest absolute Gasteiger partial charge is 0.244 e. The van der Waals surface area contributed by atoms with E-state index in [1.807, 2.05) is 0 Å². The second-order valence-electron chi connectivity index (χ2n) is 7.08. The molecule has 0 bridgehead atoms. The van der Waals surface area contributed by atoms with Gasteiger partial charge in [0.05, 0.1) is 19.1 Å². The minimum Gasteiger partial charge on any atom is -0.497 e. The Morgan fingerprint density at radius 2 is 1.70 bits per heavy atom. The second-order valence-corrected chi connectivity index (χ2v) is 9.22. The molecule has 0 saturated carbocycles. The first-order valence-corrected chi connectivity index (χ1v) is 11.6. The summed E-state index contributed by atoms with van der Waals surface area (Å²) in [5.74, 6) is 0.151. The van der Waals surface area contributed by atoms with Crippen LogP contribution in [0.25, 0.3) is 6.08 Å². The molecule has 1 N–H and O–H groups in total. The van der Waals surface area contributed by atoms with Crippen LogP contribution < -0.4 is 14.8 Å². The third-order valence-corrected chi connectivity index (χ3v) is 7.12. The van der Waals surface area contributed by atoms with Gasteiger partial charge in [-0.15, -0.1) is 0 Å². The molecule has 3 aromatic rings. The van der Waals surface area contributed by atoms with Gasteiger partial charge in [0.1, 0.15) is 22.6 Å². The third kappa shape index (κ3) is 5.98. The monoisotopic (exact) mass is 469 g/mol. The fraction of sp³-hybridized carbons (Fsp3) is 0.160. The van der Waals surface area contributed by atoms with E-state index in [0.717, 1.165) is 12.1 Å². The van der Waals surface area contributed by atoms with Crippen LogP contribution in [0, 0.1) is 5.82 Å². The van der Waals surface area contributed by atoms with Gasteiger partial charge in [-0.05, 0) is 54.1 Å². The Kier molecular flexibility index (Phi) is 7.84. The number of nitrogens with one attached hydrogen (secondary N) is 1. The average molecular weight is 470 g/mol. The predicted molar refractivity (Wildman–Crippen MR) is 124 cm³/mol. The van der Waals surface area contributed by atoms with Gasteiger partial charge in [0.25, 0.3) is 0 Å². The van der Waals surface area contributed by atoms with E-state index in [9.17, 15) is 17.6 Å². The maximum Gasteiger partial charge on any atom is 0.244 e. The minimum absolute atomic E-state index is 0.0244. The molecule has 1 atom stereocenters. The Morgan fingerprint density at radius 3 is 2.33 bits per heavy atom. The second kappa shape index (κ2) is 10.8. The van der Waals surface area contributed by atoms with Crippen molar-refractivity contribution in [1.82, 2.24) is 5.32 Å². The Morgan fingerprint density at radius 1 is 1.00 bits per heavy atom. The van der Waals surface area contributed by atoms with Crippen LogP contribution in [0.4, 0.5) is 4.39 Å². The van der Waals surface area contributed by atoms with Gasteiger partial charge in [-0.25, -0.2) is 12.8 Å². The Hall–Kier alpha value is -3.65. The Labute approximate surface area is 192 Å². The number of carbonyl (C=O) groups excluding carboxylic acids is 1. The van der Waals surface area contributed by atoms with Gasteiger partial charge in [0.15, 0.2) is 9.84 Å². The van der Waals surface area contributed by atoms with E-state index < -0.39 is 26.8 Å². The van der Waals surface area contributed by atoms with Gasteiger partial charge < -0.3 is 14.8 Å². The number of hydrogen-bond acceptors (Lipinski definition) is 5. The molecule has 0 radical (unpaired) electrons. The third-order valence-electron chi connectivity index (χ3n) is 5.00. The molecular weight excluding hydrogens is 445 g/mol. The summed E-state index contributed by atoms with van der Waals surface area (Å²) in [5, 5.41) is 1.61. The molecule has 0 aliphatic heterocycles. The van der Waals surface area contributed by atoms with E-state index in [-0.39, 0.29) is 11.4 Å². The normalized spacial score (nSPS) is 12.3. The number of amides is 1. The van der Waals surface area contributed by atoms with Crippen LogP contribution in [0.5, 0.6) is 11.5 Å². The van der Waals surface area contributed by atoms with Gasteiger partial charge in [-0.2, -0.15) is 0 Å². The first-order chi connectivity index (χ1) is 15.8. The molecular formula is C25H24FNO5S. The number of carbonyl (C=O) groups is 1. The van der Waals surface area contributed by atoms with Crippen molar-refractivity contribution in [2.45, 2.75) is 10.1 Å². The summed E-state index contributed by atoms with van der Waals surface area (Å²) in [6.07, 6.45) is 2.85. The highest BCUT2D eigenvalue weighted by Crippen LogP contribution is 2.29. The number of ether oxygens (including phenoxy) is 2. The lowest BCUT2D eigenvalue weighted by Gasteiger charge is -2.18. The lowest BCUT2D eigenvalue weighted by atomic mass is 10.1. The molecule has 0 spiro atoms. The van der Waals surface area contributed by atoms with Gasteiger partial charge in [0, 0.05) is 18.2 Å². The molecule has 33 heavy (non-hydrogen) atoms. The Bertz CT molecular complexity index is 1230. The summed E-state index contributed by atoms with van der Waals surface area (Å²) < 4.78 is 50.3. The van der Waals surface area contributed by atoms with Crippen molar-refractivity contribution in [3.8, 4) is 11.5 Å². The van der Waals surface area contributed by atoms with Crippen LogP contribution in [0.1, 0.15) is 16.4 Å². The number of hydrogen-bond donors (Lipinski definition) is 1. The highest BCUT2D eigenvalue weighted by molar-refractivity contribution is 7.91.